The molecule has 0 saturated heterocycles. The second-order valence-electron chi connectivity index (χ2n) is 7.57. The molecular formula is C23H24N5O3S+. The maximum atomic E-state index is 12.3. The lowest BCUT2D eigenvalue weighted by molar-refractivity contribution is -0.763. The molecule has 8 nitrogen and oxygen atoms in total. The summed E-state index contributed by atoms with van der Waals surface area (Å²) < 4.78 is 11.6. The fourth-order valence-electron chi connectivity index (χ4n) is 3.78. The highest BCUT2D eigenvalue weighted by molar-refractivity contribution is 8.00. The third-order valence-corrected chi connectivity index (χ3v) is 6.37. The van der Waals surface area contributed by atoms with Crippen LogP contribution >= 0.6 is 11.8 Å². The summed E-state index contributed by atoms with van der Waals surface area (Å²) in [6, 6.07) is 14.6. The average molecular weight is 451 g/mol. The topological polar surface area (TPSA) is 105 Å². The van der Waals surface area contributed by atoms with Crippen molar-refractivity contribution >= 4 is 23.6 Å². The summed E-state index contributed by atoms with van der Waals surface area (Å²) >= 11 is 1.26. The van der Waals surface area contributed by atoms with E-state index in [1.54, 1.807) is 18.0 Å². The van der Waals surface area contributed by atoms with Crippen molar-refractivity contribution in [3.63, 3.8) is 0 Å². The van der Waals surface area contributed by atoms with E-state index in [9.17, 15) is 10.1 Å². The Morgan fingerprint density at radius 1 is 1.41 bits per heavy atom. The molecule has 1 amide bonds. The van der Waals surface area contributed by atoms with E-state index in [1.807, 2.05) is 12.1 Å². The Kier molecular flexibility index (Phi) is 7.14. The van der Waals surface area contributed by atoms with E-state index in [4.69, 9.17) is 14.2 Å². The molecule has 3 aromatic rings. The zero-order chi connectivity index (χ0) is 22.3. The molecule has 0 saturated carbocycles. The van der Waals surface area contributed by atoms with Crippen LogP contribution in [0.2, 0.25) is 0 Å². The van der Waals surface area contributed by atoms with Crippen LogP contribution in [0.25, 0.3) is 0 Å². The van der Waals surface area contributed by atoms with Crippen LogP contribution in [0.1, 0.15) is 34.7 Å². The van der Waals surface area contributed by atoms with Gasteiger partial charge in [-0.05, 0) is 47.1 Å². The number of hydrogen-bond donors (Lipinski definition) is 1. The summed E-state index contributed by atoms with van der Waals surface area (Å²) in [7, 11) is 1.60. The van der Waals surface area contributed by atoms with Gasteiger partial charge in [0, 0.05) is 12.8 Å². The van der Waals surface area contributed by atoms with E-state index in [-0.39, 0.29) is 17.5 Å². The van der Waals surface area contributed by atoms with Gasteiger partial charge in [-0.1, -0.05) is 42.1 Å². The van der Waals surface area contributed by atoms with Crippen LogP contribution < -0.4 is 10.00 Å². The lowest BCUT2D eigenvalue weighted by Crippen LogP contribution is -2.36. The number of carbonyl (C=O) groups excluding carboxylic acids is 1. The van der Waals surface area contributed by atoms with Crippen molar-refractivity contribution in [3.8, 4) is 6.07 Å². The van der Waals surface area contributed by atoms with Crippen molar-refractivity contribution in [2.45, 2.75) is 36.8 Å². The van der Waals surface area contributed by atoms with Crippen LogP contribution in [0.15, 0.2) is 52.1 Å². The fraction of sp³-hybridized carbons (Fsp3) is 0.348. The number of rotatable bonds is 8. The first-order valence-corrected chi connectivity index (χ1v) is 11.4. The number of nitrogens with one attached hydrogen (secondary N) is 1. The zero-order valence-electron chi connectivity index (χ0n) is 17.8. The monoisotopic (exact) mass is 450 g/mol. The average Bonchev–Trinajstić information content (AvgIpc) is 3.28. The van der Waals surface area contributed by atoms with Gasteiger partial charge in [0.05, 0.1) is 11.3 Å². The molecule has 0 aliphatic heterocycles. The number of methoxy groups -OCH3 is 1. The van der Waals surface area contributed by atoms with Gasteiger partial charge in [-0.25, -0.2) is 4.98 Å². The minimum atomic E-state index is -0.252. The van der Waals surface area contributed by atoms with Gasteiger partial charge in [0.1, 0.15) is 17.7 Å². The number of fused-ring (bicyclic) bond motifs is 1. The van der Waals surface area contributed by atoms with Crippen molar-refractivity contribution < 1.29 is 18.7 Å². The van der Waals surface area contributed by atoms with Gasteiger partial charge in [0.15, 0.2) is 0 Å². The fourth-order valence-corrected chi connectivity index (χ4v) is 4.55. The number of amides is 1. The number of hydrogen-bond acceptors (Lipinski definition) is 7. The molecule has 1 N–H and O–H groups in total. The first-order chi connectivity index (χ1) is 15.7. The van der Waals surface area contributed by atoms with Gasteiger partial charge in [0.25, 0.3) is 6.20 Å². The van der Waals surface area contributed by atoms with Gasteiger partial charge < -0.3 is 4.74 Å². The second-order valence-corrected chi connectivity index (χ2v) is 8.53. The molecule has 1 aliphatic carbocycles. The summed E-state index contributed by atoms with van der Waals surface area (Å²) in [5.74, 6) is 0.566. The third-order valence-electron chi connectivity index (χ3n) is 5.38. The summed E-state index contributed by atoms with van der Waals surface area (Å²) in [4.78, 5) is 17.1. The Labute approximate surface area is 190 Å². The summed E-state index contributed by atoms with van der Waals surface area (Å²) in [6.07, 6.45) is 4.36. The maximum absolute atomic E-state index is 12.3. The minimum Gasteiger partial charge on any atom is -0.378 e. The molecule has 1 unspecified atom stereocenters. The largest absolute Gasteiger partial charge is 0.378 e. The number of aryl methyl sites for hydroxylation is 1. The Hall–Kier alpha value is -3.22. The standard InChI is InChI=1S/C23H23N5O3S/c1-30-10-9-28-14-22(31-27-28)26-21(29)15-32-23-19(13-24)12-18-11-17(7-8-20(18)25-23)16-5-3-2-4-6-16/h2-6,12,14,17H,7-11,15H2,1H3/p+1. The van der Waals surface area contributed by atoms with Crippen molar-refractivity contribution in [1.29, 1.82) is 5.26 Å². The summed E-state index contributed by atoms with van der Waals surface area (Å²) in [6.45, 7) is 1.02. The van der Waals surface area contributed by atoms with E-state index in [1.165, 1.54) is 17.3 Å². The molecule has 164 valence electrons. The van der Waals surface area contributed by atoms with Crippen molar-refractivity contribution in [2.24, 2.45) is 0 Å². The molecule has 0 radical (unpaired) electrons. The normalized spacial score (nSPS) is 15.1. The molecule has 9 heteroatoms. The molecule has 4 rings (SSSR count). The predicted octanol–water partition coefficient (Wildman–Crippen LogP) is 2.88. The first kappa shape index (κ1) is 22.0. The van der Waals surface area contributed by atoms with Gasteiger partial charge in [-0.3, -0.25) is 14.6 Å². The van der Waals surface area contributed by atoms with Crippen LogP contribution in [-0.2, 0) is 28.9 Å². The lowest BCUT2D eigenvalue weighted by atomic mass is 9.82. The van der Waals surface area contributed by atoms with E-state index < -0.39 is 0 Å². The highest BCUT2D eigenvalue weighted by atomic mass is 32.2. The Balaban J connectivity index is 1.39. The maximum Gasteiger partial charge on any atom is 0.302 e. The number of ether oxygens (including phenoxy) is 1. The zero-order valence-corrected chi connectivity index (χ0v) is 18.6. The van der Waals surface area contributed by atoms with Crippen molar-refractivity contribution in [3.05, 3.63) is 65.0 Å². The molecule has 2 heterocycles. The van der Waals surface area contributed by atoms with Crippen molar-refractivity contribution in [1.82, 2.24) is 10.3 Å². The Morgan fingerprint density at radius 2 is 2.25 bits per heavy atom. The predicted molar refractivity (Wildman–Crippen MR) is 118 cm³/mol. The summed E-state index contributed by atoms with van der Waals surface area (Å²) in [5, 5.41) is 16.7. The highest BCUT2D eigenvalue weighted by Crippen LogP contribution is 2.34. The van der Waals surface area contributed by atoms with Crippen LogP contribution in [0.5, 0.6) is 0 Å². The van der Waals surface area contributed by atoms with Crippen LogP contribution in [0, 0.1) is 11.3 Å². The molecule has 1 aromatic carbocycles. The van der Waals surface area contributed by atoms with Gasteiger partial charge >= 0.3 is 5.88 Å². The summed E-state index contributed by atoms with van der Waals surface area (Å²) in [5.41, 5.74) is 3.97. The van der Waals surface area contributed by atoms with E-state index in [2.05, 4.69) is 40.9 Å². The second kappa shape index (κ2) is 10.4. The molecule has 2 aromatic heterocycles. The molecule has 1 aliphatic rings. The van der Waals surface area contributed by atoms with Gasteiger partial charge in [-0.15, -0.1) is 0 Å². The third kappa shape index (κ3) is 5.33. The molecule has 0 bridgehead atoms. The van der Waals surface area contributed by atoms with Crippen LogP contribution in [0.4, 0.5) is 5.88 Å². The number of anilines is 1. The molecule has 0 fully saturated rings. The smallest absolute Gasteiger partial charge is 0.302 e. The molecule has 32 heavy (non-hydrogen) atoms. The molecule has 0 spiro atoms. The minimum absolute atomic E-state index is 0.117. The van der Waals surface area contributed by atoms with Crippen LogP contribution in [-0.4, -0.2) is 35.6 Å². The quantitative estimate of drug-likeness (QED) is 0.416. The van der Waals surface area contributed by atoms with Crippen molar-refractivity contribution in [2.75, 3.05) is 24.8 Å². The van der Waals surface area contributed by atoms with E-state index >= 15 is 0 Å². The lowest BCUT2D eigenvalue weighted by Gasteiger charge is -2.25. The number of pyridine rings is 1. The Morgan fingerprint density at radius 3 is 3.03 bits per heavy atom. The molecular weight excluding hydrogens is 426 g/mol. The highest BCUT2D eigenvalue weighted by Gasteiger charge is 2.23. The number of nitriles is 1. The van der Waals surface area contributed by atoms with Gasteiger partial charge in [-0.2, -0.15) is 5.26 Å². The number of aromatic nitrogens is 3. The number of thioether (sulfide) groups is 1. The van der Waals surface area contributed by atoms with Crippen LogP contribution in [0.3, 0.4) is 0 Å². The molecule has 1 atom stereocenters. The number of carbonyl (C=O) groups is 1. The number of nitrogens with zero attached hydrogens (tertiary/aromatic N) is 4. The first-order valence-electron chi connectivity index (χ1n) is 10.4. The Bertz CT molecular complexity index is 1130. The number of benzene rings is 1. The van der Waals surface area contributed by atoms with E-state index in [0.717, 1.165) is 30.5 Å². The van der Waals surface area contributed by atoms with E-state index in [0.29, 0.717) is 29.7 Å². The van der Waals surface area contributed by atoms with Gasteiger partial charge in [0.2, 0.25) is 17.7 Å². The SMILES string of the molecule is COCC[n+]1cc(NC(=O)CSc2nc3c(cc2C#N)CC(c2ccccc2)CC3)on1.